The predicted molar refractivity (Wildman–Crippen MR) is 215 cm³/mol. The highest BCUT2D eigenvalue weighted by molar-refractivity contribution is 6.10. The molecule has 13 rings (SSSR count). The molecule has 0 unspecified atom stereocenters. The number of hydrogen-bond acceptors (Lipinski definition) is 3. The number of fused-ring (bicyclic) bond motifs is 20. The minimum atomic E-state index is -0.477. The molecule has 5 heterocycles. The molecular weight excluding hydrogens is 661 g/mol. The number of nitrogens with zero attached hydrogens (tertiary/aromatic N) is 6. The van der Waals surface area contributed by atoms with Gasteiger partial charge < -0.3 is 4.57 Å². The highest BCUT2D eigenvalue weighted by Gasteiger charge is 2.53. The summed E-state index contributed by atoms with van der Waals surface area (Å²) in [5, 5.41) is 2.46. The van der Waals surface area contributed by atoms with Gasteiger partial charge in [-0.05, 0) is 57.6 Å². The lowest BCUT2D eigenvalue weighted by Gasteiger charge is -2.29. The minimum absolute atomic E-state index is 0.477. The average molecular weight is 689 g/mol. The third kappa shape index (κ3) is 3.22. The van der Waals surface area contributed by atoms with E-state index in [0.717, 1.165) is 56.1 Å². The molecule has 5 aromatic heterocycles. The van der Waals surface area contributed by atoms with Crippen LogP contribution in [0.1, 0.15) is 22.3 Å². The van der Waals surface area contributed by atoms with Gasteiger partial charge in [0.15, 0.2) is 16.9 Å². The fourth-order valence-corrected chi connectivity index (χ4v) is 10.1. The van der Waals surface area contributed by atoms with Gasteiger partial charge in [-0.2, -0.15) is 0 Å². The van der Waals surface area contributed by atoms with Crippen molar-refractivity contribution in [1.82, 2.24) is 28.3 Å². The molecule has 0 amide bonds. The van der Waals surface area contributed by atoms with E-state index in [0.29, 0.717) is 0 Å². The molecule has 54 heavy (non-hydrogen) atoms. The Hall–Kier alpha value is -7.31. The first-order chi connectivity index (χ1) is 26.8. The molecule has 0 N–H and O–H groups in total. The fourth-order valence-electron chi connectivity index (χ4n) is 10.1. The number of benzene rings is 6. The monoisotopic (exact) mass is 688 g/mol. The molecule has 2 aliphatic rings. The van der Waals surface area contributed by atoms with Crippen LogP contribution in [0.5, 0.6) is 0 Å². The van der Waals surface area contributed by atoms with Gasteiger partial charge in [0.2, 0.25) is 0 Å². The Morgan fingerprint density at radius 1 is 0.407 bits per heavy atom. The summed E-state index contributed by atoms with van der Waals surface area (Å²) < 4.78 is 6.92. The SMILES string of the molecule is c1ccc(-n2c3ccccc3c3ccccc32)c(-c2cnc3c4cc5c(n4c4nccnc4n23)-c2ccccc2C52c3ccccc3-c3ccccc32)c1. The van der Waals surface area contributed by atoms with Crippen molar-refractivity contribution in [2.45, 2.75) is 5.41 Å². The lowest BCUT2D eigenvalue weighted by Crippen LogP contribution is -2.25. The standard InChI is InChI=1S/C48H28N6/c1-7-19-35-29(13-1)30-14-2-8-20-36(30)48(35)37-21-9-3-17-33(37)44-38(48)27-42-45-51-28-43(54(45)47-46(53(42)44)49-25-26-50-47)34-18-6-12-24-41(34)52-39-22-10-4-15-31(39)32-16-5-11-23-40(32)52/h1-28H. The van der Waals surface area contributed by atoms with Gasteiger partial charge in [-0.3, -0.25) is 8.80 Å². The molecular formula is C48H28N6. The smallest absolute Gasteiger partial charge is 0.183 e. The van der Waals surface area contributed by atoms with Gasteiger partial charge in [-0.1, -0.05) is 127 Å². The zero-order valence-electron chi connectivity index (χ0n) is 28.8. The van der Waals surface area contributed by atoms with Gasteiger partial charge in [0.05, 0.1) is 45.2 Å². The summed E-state index contributed by atoms with van der Waals surface area (Å²) in [5.41, 5.74) is 18.4. The van der Waals surface area contributed by atoms with E-state index in [-0.39, 0.29) is 0 Å². The van der Waals surface area contributed by atoms with Gasteiger partial charge in [0, 0.05) is 34.3 Å². The number of aromatic nitrogens is 6. The Morgan fingerprint density at radius 3 is 1.59 bits per heavy atom. The van der Waals surface area contributed by atoms with Crippen molar-refractivity contribution in [3.63, 3.8) is 0 Å². The molecule has 6 nitrogen and oxygen atoms in total. The summed E-state index contributed by atoms with van der Waals surface area (Å²) in [5.74, 6) is 0. The normalized spacial score (nSPS) is 13.7. The summed E-state index contributed by atoms with van der Waals surface area (Å²) in [7, 11) is 0. The molecule has 0 radical (unpaired) electrons. The highest BCUT2D eigenvalue weighted by atomic mass is 15.2. The maximum Gasteiger partial charge on any atom is 0.183 e. The van der Waals surface area contributed by atoms with E-state index >= 15 is 0 Å². The minimum Gasteiger partial charge on any atom is -0.309 e. The topological polar surface area (TPSA) is 52.4 Å². The molecule has 6 aromatic carbocycles. The van der Waals surface area contributed by atoms with E-state index < -0.39 is 5.41 Å². The van der Waals surface area contributed by atoms with Crippen LogP contribution in [0.15, 0.2) is 170 Å². The molecule has 0 saturated heterocycles. The third-order valence-corrected chi connectivity index (χ3v) is 12.0. The quantitative estimate of drug-likeness (QED) is 0.182. The van der Waals surface area contributed by atoms with E-state index in [1.807, 2.05) is 6.20 Å². The van der Waals surface area contributed by atoms with Gasteiger partial charge >= 0.3 is 0 Å². The van der Waals surface area contributed by atoms with Crippen molar-refractivity contribution >= 4 is 44.3 Å². The largest absolute Gasteiger partial charge is 0.309 e. The van der Waals surface area contributed by atoms with Crippen molar-refractivity contribution < 1.29 is 0 Å². The second-order valence-electron chi connectivity index (χ2n) is 14.4. The van der Waals surface area contributed by atoms with Crippen molar-refractivity contribution in [3.8, 4) is 39.3 Å². The van der Waals surface area contributed by atoms with Gasteiger partial charge in [0.25, 0.3) is 0 Å². The van der Waals surface area contributed by atoms with Crippen LogP contribution in [0.3, 0.4) is 0 Å². The fraction of sp³-hybridized carbons (Fsp3) is 0.0208. The zero-order chi connectivity index (χ0) is 35.1. The Bertz CT molecular complexity index is 3320. The second kappa shape index (κ2) is 9.97. The molecule has 0 atom stereocenters. The molecule has 0 fully saturated rings. The highest BCUT2D eigenvalue weighted by Crippen LogP contribution is 2.63. The summed E-state index contributed by atoms with van der Waals surface area (Å²) in [6, 6.07) is 55.1. The van der Waals surface area contributed by atoms with Crippen LogP contribution in [0.2, 0.25) is 0 Å². The lowest BCUT2D eigenvalue weighted by molar-refractivity contribution is 0.795. The van der Waals surface area contributed by atoms with Crippen molar-refractivity contribution in [2.24, 2.45) is 0 Å². The van der Waals surface area contributed by atoms with E-state index in [1.165, 1.54) is 49.7 Å². The molecule has 0 saturated carbocycles. The molecule has 0 aliphatic heterocycles. The number of imidazole rings is 1. The third-order valence-electron chi connectivity index (χ3n) is 12.0. The maximum absolute atomic E-state index is 5.26. The lowest BCUT2D eigenvalue weighted by atomic mass is 9.71. The Kier molecular flexibility index (Phi) is 5.22. The first kappa shape index (κ1) is 28.3. The molecule has 6 heteroatoms. The van der Waals surface area contributed by atoms with Crippen LogP contribution in [0, 0.1) is 0 Å². The van der Waals surface area contributed by atoms with Crippen molar-refractivity contribution in [3.05, 3.63) is 193 Å². The Labute approximate surface area is 308 Å². The molecule has 2 aliphatic carbocycles. The van der Waals surface area contributed by atoms with Gasteiger partial charge in [-0.25, -0.2) is 15.0 Å². The first-order valence-electron chi connectivity index (χ1n) is 18.4. The van der Waals surface area contributed by atoms with Crippen LogP contribution in [0.25, 0.3) is 83.6 Å². The average Bonchev–Trinajstić information content (AvgIpc) is 4.04. The molecule has 250 valence electrons. The molecule has 11 aromatic rings. The summed E-state index contributed by atoms with van der Waals surface area (Å²) in [6.07, 6.45) is 5.61. The number of rotatable bonds is 2. The first-order valence-corrected chi connectivity index (χ1v) is 18.4. The van der Waals surface area contributed by atoms with Crippen LogP contribution < -0.4 is 0 Å². The Balaban J connectivity index is 1.16. The molecule has 1 spiro atoms. The Morgan fingerprint density at radius 2 is 0.926 bits per heavy atom. The van der Waals surface area contributed by atoms with Crippen LogP contribution in [0.4, 0.5) is 0 Å². The zero-order valence-corrected chi connectivity index (χ0v) is 28.8. The summed E-state index contributed by atoms with van der Waals surface area (Å²) >= 11 is 0. The van der Waals surface area contributed by atoms with Crippen LogP contribution >= 0.6 is 0 Å². The summed E-state index contributed by atoms with van der Waals surface area (Å²) in [4.78, 5) is 15.4. The van der Waals surface area contributed by atoms with Crippen LogP contribution in [-0.4, -0.2) is 28.3 Å². The maximum atomic E-state index is 5.26. The van der Waals surface area contributed by atoms with Crippen molar-refractivity contribution in [1.29, 1.82) is 0 Å². The van der Waals surface area contributed by atoms with Crippen LogP contribution in [-0.2, 0) is 5.41 Å². The van der Waals surface area contributed by atoms with E-state index in [9.17, 15) is 0 Å². The second-order valence-corrected chi connectivity index (χ2v) is 14.4. The van der Waals surface area contributed by atoms with Gasteiger partial charge in [-0.15, -0.1) is 0 Å². The number of para-hydroxylation sites is 3. The van der Waals surface area contributed by atoms with E-state index in [2.05, 4.69) is 165 Å². The van der Waals surface area contributed by atoms with E-state index in [1.54, 1.807) is 12.4 Å². The summed E-state index contributed by atoms with van der Waals surface area (Å²) in [6.45, 7) is 0. The number of hydrogen-bond donors (Lipinski definition) is 0. The predicted octanol–water partition coefficient (Wildman–Crippen LogP) is 10.6. The van der Waals surface area contributed by atoms with E-state index in [4.69, 9.17) is 15.0 Å². The van der Waals surface area contributed by atoms with Gasteiger partial charge in [0.1, 0.15) is 0 Å². The van der Waals surface area contributed by atoms with Crippen molar-refractivity contribution in [2.75, 3.05) is 0 Å². The molecule has 0 bridgehead atoms.